The summed E-state index contributed by atoms with van der Waals surface area (Å²) in [5, 5.41) is 0.162. The van der Waals surface area contributed by atoms with Gasteiger partial charge < -0.3 is 4.74 Å². The Kier molecular flexibility index (Phi) is 4.22. The van der Waals surface area contributed by atoms with Crippen molar-refractivity contribution in [1.82, 2.24) is 0 Å². The molecule has 2 rings (SSSR count). The maximum atomic E-state index is 13.3. The molecule has 0 radical (unpaired) electrons. The van der Waals surface area contributed by atoms with Gasteiger partial charge in [0, 0.05) is 27.8 Å². The van der Waals surface area contributed by atoms with Gasteiger partial charge in [0.15, 0.2) is 0 Å². The van der Waals surface area contributed by atoms with E-state index in [2.05, 4.69) is 29.8 Å². The molecule has 100 valence electrons. The zero-order valence-corrected chi connectivity index (χ0v) is 12.9. The SMILES string of the molecule is CCC1(CC)C(Cl)CC1Oc1cc(F)cc(Br)c1. The second-order valence-corrected chi connectivity index (χ2v) is 6.30. The van der Waals surface area contributed by atoms with E-state index in [4.69, 9.17) is 16.3 Å². The number of hydrogen-bond donors (Lipinski definition) is 0. The van der Waals surface area contributed by atoms with Crippen LogP contribution in [0.3, 0.4) is 0 Å². The molecule has 1 aromatic carbocycles. The monoisotopic (exact) mass is 334 g/mol. The molecule has 0 amide bonds. The number of hydrogen-bond acceptors (Lipinski definition) is 1. The molecule has 0 aliphatic heterocycles. The zero-order chi connectivity index (χ0) is 13.3. The van der Waals surface area contributed by atoms with Crippen LogP contribution in [0.4, 0.5) is 4.39 Å². The van der Waals surface area contributed by atoms with Crippen LogP contribution in [0.25, 0.3) is 0 Å². The maximum absolute atomic E-state index is 13.3. The Hall–Kier alpha value is -0.280. The minimum atomic E-state index is -0.292. The maximum Gasteiger partial charge on any atom is 0.128 e. The fourth-order valence-electron chi connectivity index (χ4n) is 2.77. The van der Waals surface area contributed by atoms with Crippen LogP contribution in [-0.2, 0) is 0 Å². The van der Waals surface area contributed by atoms with Crippen molar-refractivity contribution >= 4 is 27.5 Å². The Balaban J connectivity index is 2.15. The van der Waals surface area contributed by atoms with E-state index >= 15 is 0 Å². The fraction of sp³-hybridized carbons (Fsp3) is 0.571. The number of alkyl halides is 1. The summed E-state index contributed by atoms with van der Waals surface area (Å²) in [7, 11) is 0. The van der Waals surface area contributed by atoms with Crippen molar-refractivity contribution in [2.45, 2.75) is 44.6 Å². The van der Waals surface area contributed by atoms with Crippen molar-refractivity contribution in [3.05, 3.63) is 28.5 Å². The summed E-state index contributed by atoms with van der Waals surface area (Å²) >= 11 is 9.60. The number of rotatable bonds is 4. The highest BCUT2D eigenvalue weighted by atomic mass is 79.9. The third-order valence-electron chi connectivity index (χ3n) is 4.12. The average Bonchev–Trinajstić information content (AvgIpc) is 2.29. The van der Waals surface area contributed by atoms with E-state index in [-0.39, 0.29) is 22.7 Å². The molecular weight excluding hydrogens is 319 g/mol. The highest BCUT2D eigenvalue weighted by Crippen LogP contribution is 2.51. The molecule has 18 heavy (non-hydrogen) atoms. The summed E-state index contributed by atoms with van der Waals surface area (Å²) < 4.78 is 19.9. The molecule has 0 N–H and O–H groups in total. The van der Waals surface area contributed by atoms with Gasteiger partial charge in [-0.15, -0.1) is 11.6 Å². The normalized spacial score (nSPS) is 25.6. The molecular formula is C14H17BrClFO. The van der Waals surface area contributed by atoms with Gasteiger partial charge in [0.25, 0.3) is 0 Å². The van der Waals surface area contributed by atoms with E-state index in [0.717, 1.165) is 19.3 Å². The highest BCUT2D eigenvalue weighted by Gasteiger charge is 2.53. The molecule has 0 saturated heterocycles. The summed E-state index contributed by atoms with van der Waals surface area (Å²) in [6, 6.07) is 4.63. The summed E-state index contributed by atoms with van der Waals surface area (Å²) in [5.41, 5.74) is 0.0281. The lowest BCUT2D eigenvalue weighted by molar-refractivity contribution is -0.0463. The molecule has 0 spiro atoms. The summed E-state index contributed by atoms with van der Waals surface area (Å²) in [5.74, 6) is 0.279. The zero-order valence-electron chi connectivity index (χ0n) is 10.6. The second kappa shape index (κ2) is 5.38. The quantitative estimate of drug-likeness (QED) is 0.691. The van der Waals surface area contributed by atoms with Gasteiger partial charge in [-0.1, -0.05) is 29.8 Å². The third kappa shape index (κ3) is 2.39. The van der Waals surface area contributed by atoms with Crippen LogP contribution in [0.15, 0.2) is 22.7 Å². The van der Waals surface area contributed by atoms with Crippen molar-refractivity contribution in [2.24, 2.45) is 5.41 Å². The molecule has 0 heterocycles. The lowest BCUT2D eigenvalue weighted by Gasteiger charge is -2.52. The molecule has 1 nitrogen and oxygen atoms in total. The van der Waals surface area contributed by atoms with Crippen LogP contribution in [0.5, 0.6) is 5.75 Å². The average molecular weight is 336 g/mol. The smallest absolute Gasteiger partial charge is 0.128 e. The van der Waals surface area contributed by atoms with Crippen LogP contribution >= 0.6 is 27.5 Å². The highest BCUT2D eigenvalue weighted by molar-refractivity contribution is 9.10. The van der Waals surface area contributed by atoms with Gasteiger partial charge in [0.2, 0.25) is 0 Å². The van der Waals surface area contributed by atoms with Crippen molar-refractivity contribution in [1.29, 1.82) is 0 Å². The molecule has 2 unspecified atom stereocenters. The van der Waals surface area contributed by atoms with Crippen LogP contribution < -0.4 is 4.74 Å². The predicted molar refractivity (Wildman–Crippen MR) is 75.8 cm³/mol. The van der Waals surface area contributed by atoms with Crippen LogP contribution in [-0.4, -0.2) is 11.5 Å². The lowest BCUT2D eigenvalue weighted by Crippen LogP contribution is -2.56. The van der Waals surface area contributed by atoms with E-state index in [0.29, 0.717) is 10.2 Å². The van der Waals surface area contributed by atoms with E-state index in [1.807, 2.05) is 0 Å². The van der Waals surface area contributed by atoms with Gasteiger partial charge in [0.1, 0.15) is 17.7 Å². The lowest BCUT2D eigenvalue weighted by atomic mass is 9.62. The van der Waals surface area contributed by atoms with E-state index in [1.165, 1.54) is 12.1 Å². The Morgan fingerprint density at radius 1 is 1.39 bits per heavy atom. The van der Waals surface area contributed by atoms with Crippen LogP contribution in [0.1, 0.15) is 33.1 Å². The molecule has 1 aliphatic rings. The van der Waals surface area contributed by atoms with Crippen molar-refractivity contribution in [3.8, 4) is 5.75 Å². The number of benzene rings is 1. The van der Waals surface area contributed by atoms with Gasteiger partial charge >= 0.3 is 0 Å². The molecule has 1 saturated carbocycles. The summed E-state index contributed by atoms with van der Waals surface area (Å²) in [4.78, 5) is 0. The van der Waals surface area contributed by atoms with Gasteiger partial charge in [-0.2, -0.15) is 0 Å². The molecule has 2 atom stereocenters. The Bertz CT molecular complexity index is 414. The molecule has 0 bridgehead atoms. The Morgan fingerprint density at radius 2 is 2.06 bits per heavy atom. The number of ether oxygens (including phenoxy) is 1. The largest absolute Gasteiger partial charge is 0.490 e. The van der Waals surface area contributed by atoms with E-state index in [9.17, 15) is 4.39 Å². The molecule has 1 aromatic rings. The first kappa shape index (κ1) is 14.1. The first-order valence-corrected chi connectivity index (χ1v) is 7.51. The summed E-state index contributed by atoms with van der Waals surface area (Å²) in [6.45, 7) is 4.27. The Labute approximate surface area is 121 Å². The first-order chi connectivity index (χ1) is 8.51. The third-order valence-corrected chi connectivity index (χ3v) is 5.19. The minimum Gasteiger partial charge on any atom is -0.490 e. The van der Waals surface area contributed by atoms with Gasteiger partial charge in [-0.3, -0.25) is 0 Å². The standard InChI is InChI=1S/C14H17BrClFO/c1-3-14(4-2)12(16)8-13(14)18-11-6-9(15)5-10(17)7-11/h5-7,12-13H,3-4,8H2,1-2H3. The van der Waals surface area contributed by atoms with Gasteiger partial charge in [-0.25, -0.2) is 4.39 Å². The first-order valence-electron chi connectivity index (χ1n) is 6.28. The van der Waals surface area contributed by atoms with E-state index in [1.54, 1.807) is 6.07 Å². The minimum absolute atomic E-state index is 0.0281. The van der Waals surface area contributed by atoms with Crippen molar-refractivity contribution in [3.63, 3.8) is 0 Å². The summed E-state index contributed by atoms with van der Waals surface area (Å²) in [6.07, 6.45) is 2.89. The van der Waals surface area contributed by atoms with Crippen molar-refractivity contribution < 1.29 is 9.13 Å². The molecule has 4 heteroatoms. The molecule has 0 aromatic heterocycles. The van der Waals surface area contributed by atoms with Gasteiger partial charge in [-0.05, 0) is 25.0 Å². The molecule has 1 fully saturated rings. The number of halogens is 3. The second-order valence-electron chi connectivity index (χ2n) is 4.86. The Morgan fingerprint density at radius 3 is 2.56 bits per heavy atom. The predicted octanol–water partition coefficient (Wildman–Crippen LogP) is 5.15. The molecule has 1 aliphatic carbocycles. The fourth-order valence-corrected chi connectivity index (χ4v) is 3.83. The van der Waals surface area contributed by atoms with Crippen molar-refractivity contribution in [2.75, 3.05) is 0 Å². The van der Waals surface area contributed by atoms with Crippen LogP contribution in [0, 0.1) is 11.2 Å². The van der Waals surface area contributed by atoms with Gasteiger partial charge in [0.05, 0.1) is 0 Å². The van der Waals surface area contributed by atoms with E-state index < -0.39 is 0 Å². The van der Waals surface area contributed by atoms with Crippen LogP contribution in [0.2, 0.25) is 0 Å². The topological polar surface area (TPSA) is 9.23 Å².